The molecule has 38 heavy (non-hydrogen) atoms. The largest absolute Gasteiger partial charge is 0.478 e. The molecule has 0 spiro atoms. The number of hydrogen-bond acceptors (Lipinski definition) is 2. The minimum atomic E-state index is -0.953. The van der Waals surface area contributed by atoms with Gasteiger partial charge in [0.2, 0.25) is 5.91 Å². The molecular weight excluding hydrogens is 479 g/mol. The number of aryl methyl sites for hydroxylation is 1. The van der Waals surface area contributed by atoms with Crippen molar-refractivity contribution in [2.24, 2.45) is 5.73 Å². The highest BCUT2D eigenvalue weighted by Gasteiger charge is 2.42. The number of nitrogens with zero attached hydrogens (tertiary/aromatic N) is 1. The van der Waals surface area contributed by atoms with Crippen LogP contribution in [0.25, 0.3) is 11.1 Å². The summed E-state index contributed by atoms with van der Waals surface area (Å²) in [7, 11) is 0. The lowest BCUT2D eigenvalue weighted by Crippen LogP contribution is -2.53. The van der Waals surface area contributed by atoms with Gasteiger partial charge in [0.25, 0.3) is 0 Å². The third-order valence-corrected chi connectivity index (χ3v) is 7.84. The molecule has 0 radical (unpaired) electrons. The Morgan fingerprint density at radius 3 is 2.42 bits per heavy atom. The Balaban J connectivity index is 1.61. The minimum absolute atomic E-state index is 0.000548. The van der Waals surface area contributed by atoms with Gasteiger partial charge in [-0.3, -0.25) is 9.28 Å². The summed E-state index contributed by atoms with van der Waals surface area (Å²) in [6.07, 6.45) is 1.64. The number of rotatable bonds is 7. The van der Waals surface area contributed by atoms with Crippen LogP contribution >= 0.6 is 0 Å². The monoisotopic (exact) mass is 509 g/mol. The normalized spacial score (nSPS) is 17.4. The summed E-state index contributed by atoms with van der Waals surface area (Å²) in [6, 6.07) is 27.5. The summed E-state index contributed by atoms with van der Waals surface area (Å²) in [5.41, 5.74) is 11.1. The summed E-state index contributed by atoms with van der Waals surface area (Å²) < 4.78 is 16.3. The lowest BCUT2D eigenvalue weighted by molar-refractivity contribution is 0.0696. The number of hydrogen-bond donors (Lipinski definition) is 2. The molecule has 5 rings (SSSR count). The molecule has 4 aromatic carbocycles. The van der Waals surface area contributed by atoms with Crippen molar-refractivity contribution in [2.45, 2.75) is 32.4 Å². The second-order valence-corrected chi connectivity index (χ2v) is 9.97. The van der Waals surface area contributed by atoms with E-state index in [0.717, 1.165) is 36.2 Å². The average Bonchev–Trinajstić information content (AvgIpc) is 2.94. The van der Waals surface area contributed by atoms with Crippen LogP contribution in [0.2, 0.25) is 0 Å². The number of carbonyl (C=O) groups is 2. The molecule has 1 unspecified atom stereocenters. The number of carboxylic acids is 1. The van der Waals surface area contributed by atoms with E-state index in [1.807, 2.05) is 30.3 Å². The number of nitrogens with two attached hydrogens (primary N) is 1. The smallest absolute Gasteiger partial charge is 0.335 e. The first-order valence-corrected chi connectivity index (χ1v) is 12.8. The maximum atomic E-state index is 15.8. The molecule has 0 aliphatic carbocycles. The standard InChI is InChI=1S/C32H29FN2O3/c1-21(22-8-3-2-4-9-22)35(17-7-10-24-18-25(32(37)38)15-16-30(24)35)20-26-14-13-23(19-29(26)33)27-11-5-6-12-28(27)31(34)36/h2-6,8-9,11-16,18-19,21H,7,10,17,20H2,1H3,(H2-,34,36,37,38)/p+1/t21?,35-/m0/s1. The van der Waals surface area contributed by atoms with Crippen LogP contribution in [0, 0.1) is 5.82 Å². The Morgan fingerprint density at radius 2 is 1.71 bits per heavy atom. The molecule has 192 valence electrons. The summed E-state index contributed by atoms with van der Waals surface area (Å²) in [5.74, 6) is -1.86. The maximum Gasteiger partial charge on any atom is 0.335 e. The van der Waals surface area contributed by atoms with E-state index in [0.29, 0.717) is 33.3 Å². The Morgan fingerprint density at radius 1 is 0.974 bits per heavy atom. The number of quaternary nitrogens is 1. The van der Waals surface area contributed by atoms with Crippen LogP contribution in [0.15, 0.2) is 91.0 Å². The molecule has 4 aromatic rings. The summed E-state index contributed by atoms with van der Waals surface area (Å²) in [6.45, 7) is 3.35. The van der Waals surface area contributed by atoms with Crippen molar-refractivity contribution >= 4 is 17.6 Å². The van der Waals surface area contributed by atoms with E-state index in [2.05, 4.69) is 19.1 Å². The number of fused-ring (bicyclic) bond motifs is 1. The van der Waals surface area contributed by atoms with Crippen molar-refractivity contribution < 1.29 is 19.1 Å². The highest BCUT2D eigenvalue weighted by Crippen LogP contribution is 2.44. The fourth-order valence-corrected chi connectivity index (χ4v) is 5.84. The predicted octanol–water partition coefficient (Wildman–Crippen LogP) is 6.50. The van der Waals surface area contributed by atoms with Crippen LogP contribution < -0.4 is 10.2 Å². The first-order valence-electron chi connectivity index (χ1n) is 12.8. The molecule has 1 aliphatic rings. The molecule has 1 amide bonds. The summed E-state index contributed by atoms with van der Waals surface area (Å²) in [4.78, 5) is 23.6. The topological polar surface area (TPSA) is 80.4 Å². The van der Waals surface area contributed by atoms with Gasteiger partial charge >= 0.3 is 5.97 Å². The van der Waals surface area contributed by atoms with Gasteiger partial charge in [0.05, 0.1) is 12.1 Å². The van der Waals surface area contributed by atoms with E-state index in [1.165, 1.54) is 6.07 Å². The maximum absolute atomic E-state index is 15.8. The van der Waals surface area contributed by atoms with Gasteiger partial charge in [-0.15, -0.1) is 0 Å². The first-order chi connectivity index (χ1) is 18.3. The highest BCUT2D eigenvalue weighted by molar-refractivity contribution is 5.99. The van der Waals surface area contributed by atoms with Crippen molar-refractivity contribution in [1.29, 1.82) is 0 Å². The summed E-state index contributed by atoms with van der Waals surface area (Å²) in [5, 5.41) is 9.57. The quantitative estimate of drug-likeness (QED) is 0.279. The van der Waals surface area contributed by atoms with Crippen LogP contribution in [0.4, 0.5) is 10.1 Å². The second-order valence-electron chi connectivity index (χ2n) is 9.97. The molecule has 0 fully saturated rings. The molecule has 0 saturated carbocycles. The van der Waals surface area contributed by atoms with Crippen LogP contribution in [0.3, 0.4) is 0 Å². The zero-order valence-electron chi connectivity index (χ0n) is 21.2. The third-order valence-electron chi connectivity index (χ3n) is 7.84. The van der Waals surface area contributed by atoms with Crippen molar-refractivity contribution in [3.05, 3.63) is 125 Å². The third kappa shape index (κ3) is 4.59. The van der Waals surface area contributed by atoms with Crippen LogP contribution in [-0.2, 0) is 13.0 Å². The Bertz CT molecular complexity index is 1520. The van der Waals surface area contributed by atoms with Crippen molar-refractivity contribution in [1.82, 2.24) is 4.48 Å². The van der Waals surface area contributed by atoms with E-state index in [1.54, 1.807) is 42.5 Å². The highest BCUT2D eigenvalue weighted by atomic mass is 19.1. The van der Waals surface area contributed by atoms with Gasteiger partial charge in [0.15, 0.2) is 0 Å². The van der Waals surface area contributed by atoms with E-state index in [9.17, 15) is 14.7 Å². The zero-order valence-corrected chi connectivity index (χ0v) is 21.2. The number of primary amides is 1. The average molecular weight is 510 g/mol. The predicted molar refractivity (Wildman–Crippen MR) is 147 cm³/mol. The molecule has 1 aliphatic heterocycles. The zero-order chi connectivity index (χ0) is 26.9. The first kappa shape index (κ1) is 25.4. The molecule has 6 heteroatoms. The molecule has 2 atom stereocenters. The Kier molecular flexibility index (Phi) is 6.83. The number of carbonyl (C=O) groups excluding carboxylic acids is 1. The molecular formula is C32H30FN2O3+. The van der Waals surface area contributed by atoms with Crippen LogP contribution in [-0.4, -0.2) is 23.5 Å². The van der Waals surface area contributed by atoms with Crippen molar-refractivity contribution in [3.8, 4) is 11.1 Å². The number of amides is 1. The van der Waals surface area contributed by atoms with E-state index < -0.39 is 11.9 Å². The van der Waals surface area contributed by atoms with Crippen LogP contribution in [0.1, 0.15) is 56.8 Å². The van der Waals surface area contributed by atoms with Gasteiger partial charge in [0, 0.05) is 34.7 Å². The molecule has 0 bridgehead atoms. The number of benzene rings is 4. The molecule has 1 heterocycles. The van der Waals surface area contributed by atoms with Gasteiger partial charge in [0.1, 0.15) is 24.1 Å². The van der Waals surface area contributed by atoms with E-state index in [-0.39, 0.29) is 17.4 Å². The molecule has 0 aromatic heterocycles. The van der Waals surface area contributed by atoms with Crippen molar-refractivity contribution in [2.75, 3.05) is 6.54 Å². The van der Waals surface area contributed by atoms with Gasteiger partial charge in [-0.1, -0.05) is 54.6 Å². The van der Waals surface area contributed by atoms with E-state index in [4.69, 9.17) is 5.73 Å². The SMILES string of the molecule is CC(c1ccccc1)[N@@+]1(Cc2ccc(-c3ccccc3C(N)=O)cc2F)CCCc2cc(C(=O)O)ccc21. The lowest BCUT2D eigenvalue weighted by Gasteiger charge is -2.47. The minimum Gasteiger partial charge on any atom is -0.478 e. The van der Waals surface area contributed by atoms with Crippen LogP contribution in [0.5, 0.6) is 0 Å². The molecule has 5 nitrogen and oxygen atoms in total. The molecule has 0 saturated heterocycles. The van der Waals surface area contributed by atoms with Gasteiger partial charge in [-0.05, 0) is 54.8 Å². The molecule has 3 N–H and O–H groups in total. The fraction of sp³-hybridized carbons (Fsp3) is 0.188. The van der Waals surface area contributed by atoms with E-state index >= 15 is 4.39 Å². The van der Waals surface area contributed by atoms with Crippen molar-refractivity contribution in [3.63, 3.8) is 0 Å². The number of halogens is 1. The summed E-state index contributed by atoms with van der Waals surface area (Å²) >= 11 is 0. The number of aromatic carboxylic acids is 1. The Hall–Kier alpha value is -4.29. The Labute approximate surface area is 221 Å². The second kappa shape index (κ2) is 10.2. The van der Waals surface area contributed by atoms with Gasteiger partial charge < -0.3 is 10.8 Å². The number of carboxylic acid groups (broad SMARTS) is 1. The van der Waals surface area contributed by atoms with Gasteiger partial charge in [-0.2, -0.15) is 0 Å². The lowest BCUT2D eigenvalue weighted by atomic mass is 9.91. The van der Waals surface area contributed by atoms with Gasteiger partial charge in [-0.25, -0.2) is 9.18 Å². The fourth-order valence-electron chi connectivity index (χ4n) is 5.84.